The number of hydrogen-bond donors (Lipinski definition) is 1. The van der Waals surface area contributed by atoms with Crippen LogP contribution in [0.1, 0.15) is 43.9 Å². The number of hydrogen-bond acceptors (Lipinski definition) is 3. The van der Waals surface area contributed by atoms with Crippen molar-refractivity contribution in [3.8, 4) is 0 Å². The summed E-state index contributed by atoms with van der Waals surface area (Å²) in [5.41, 5.74) is 8.05. The van der Waals surface area contributed by atoms with Crippen molar-refractivity contribution in [3.05, 3.63) is 35.4 Å². The van der Waals surface area contributed by atoms with Gasteiger partial charge in [-0.2, -0.15) is 0 Å². The van der Waals surface area contributed by atoms with Crippen LogP contribution in [0.4, 0.5) is 0 Å². The molecule has 0 saturated carbocycles. The van der Waals surface area contributed by atoms with Gasteiger partial charge in [-0.3, -0.25) is 4.79 Å². The molecule has 4 nitrogen and oxygen atoms in total. The van der Waals surface area contributed by atoms with Gasteiger partial charge in [0.15, 0.2) is 0 Å². The highest BCUT2D eigenvalue weighted by molar-refractivity contribution is 5.85. The predicted octanol–water partition coefficient (Wildman–Crippen LogP) is 3.33. The summed E-state index contributed by atoms with van der Waals surface area (Å²) in [5, 5.41) is 0. The van der Waals surface area contributed by atoms with Gasteiger partial charge < -0.3 is 15.4 Å². The SMILES string of the molecule is Cc1ccc(C2OCCCC2C(=O)N(C)CC(C)(C)CN)cc1.Cl. The quantitative estimate of drug-likeness (QED) is 0.882. The van der Waals surface area contributed by atoms with Gasteiger partial charge >= 0.3 is 0 Å². The van der Waals surface area contributed by atoms with Crippen molar-refractivity contribution in [1.82, 2.24) is 4.90 Å². The molecule has 1 aliphatic rings. The van der Waals surface area contributed by atoms with Crippen LogP contribution in [0.2, 0.25) is 0 Å². The number of aryl methyl sites for hydroxylation is 1. The lowest BCUT2D eigenvalue weighted by atomic mass is 9.87. The molecule has 2 unspecified atom stereocenters. The number of nitrogens with two attached hydrogens (primary N) is 1. The first-order valence-electron chi connectivity index (χ1n) is 8.47. The Kier molecular flexibility index (Phi) is 7.71. The van der Waals surface area contributed by atoms with E-state index in [-0.39, 0.29) is 35.8 Å². The van der Waals surface area contributed by atoms with Crippen molar-refractivity contribution in [2.24, 2.45) is 17.1 Å². The fraction of sp³-hybridized carbons (Fsp3) is 0.632. The molecule has 1 aromatic rings. The molecule has 24 heavy (non-hydrogen) atoms. The lowest BCUT2D eigenvalue weighted by Gasteiger charge is -2.36. The first kappa shape index (κ1) is 20.9. The number of halogens is 1. The molecule has 1 saturated heterocycles. The molecule has 2 N–H and O–H groups in total. The van der Waals surface area contributed by atoms with Crippen molar-refractivity contribution in [3.63, 3.8) is 0 Å². The molecule has 0 aliphatic carbocycles. The monoisotopic (exact) mass is 354 g/mol. The van der Waals surface area contributed by atoms with E-state index in [4.69, 9.17) is 10.5 Å². The Balaban J connectivity index is 0.00000288. The van der Waals surface area contributed by atoms with Crippen LogP contribution in [-0.4, -0.2) is 37.6 Å². The number of benzene rings is 1. The molecule has 0 aromatic heterocycles. The Bertz CT molecular complexity index is 531. The fourth-order valence-electron chi connectivity index (χ4n) is 3.19. The second-order valence-electron chi connectivity index (χ2n) is 7.51. The van der Waals surface area contributed by atoms with E-state index in [1.54, 1.807) is 0 Å². The summed E-state index contributed by atoms with van der Waals surface area (Å²) in [6, 6.07) is 8.32. The van der Waals surface area contributed by atoms with Crippen molar-refractivity contribution >= 4 is 18.3 Å². The highest BCUT2D eigenvalue weighted by Crippen LogP contribution is 2.35. The van der Waals surface area contributed by atoms with Crippen LogP contribution in [0.15, 0.2) is 24.3 Å². The normalized spacial score (nSPS) is 21.0. The van der Waals surface area contributed by atoms with E-state index >= 15 is 0 Å². The molecule has 0 bridgehead atoms. The molecule has 1 aliphatic heterocycles. The Morgan fingerprint density at radius 1 is 1.33 bits per heavy atom. The summed E-state index contributed by atoms with van der Waals surface area (Å²) < 4.78 is 5.97. The summed E-state index contributed by atoms with van der Waals surface area (Å²) in [7, 11) is 1.88. The Hall–Kier alpha value is -1.10. The number of nitrogens with zero attached hydrogens (tertiary/aromatic N) is 1. The van der Waals surface area contributed by atoms with Gasteiger partial charge in [0.1, 0.15) is 0 Å². The van der Waals surface area contributed by atoms with Crippen molar-refractivity contribution < 1.29 is 9.53 Å². The Labute approximate surface area is 152 Å². The Morgan fingerprint density at radius 2 is 1.96 bits per heavy atom. The van der Waals surface area contributed by atoms with Gasteiger partial charge in [-0.05, 0) is 37.3 Å². The van der Waals surface area contributed by atoms with Crippen LogP contribution in [-0.2, 0) is 9.53 Å². The van der Waals surface area contributed by atoms with Gasteiger partial charge in [0.25, 0.3) is 0 Å². The van der Waals surface area contributed by atoms with Crippen LogP contribution >= 0.6 is 12.4 Å². The number of rotatable bonds is 5. The minimum Gasteiger partial charge on any atom is -0.373 e. The first-order valence-corrected chi connectivity index (χ1v) is 8.47. The zero-order valence-corrected chi connectivity index (χ0v) is 16.1. The summed E-state index contributed by atoms with van der Waals surface area (Å²) in [6.07, 6.45) is 1.68. The largest absolute Gasteiger partial charge is 0.373 e. The predicted molar refractivity (Wildman–Crippen MR) is 100 cm³/mol. The summed E-state index contributed by atoms with van der Waals surface area (Å²) in [4.78, 5) is 14.8. The highest BCUT2D eigenvalue weighted by Gasteiger charge is 2.35. The van der Waals surface area contributed by atoms with Gasteiger partial charge in [0.2, 0.25) is 5.91 Å². The van der Waals surface area contributed by atoms with Crippen LogP contribution in [0.25, 0.3) is 0 Å². The minimum atomic E-state index is -0.139. The molecule has 2 rings (SSSR count). The van der Waals surface area contributed by atoms with Gasteiger partial charge in [0, 0.05) is 20.2 Å². The molecule has 0 radical (unpaired) electrons. The minimum absolute atomic E-state index is 0. The summed E-state index contributed by atoms with van der Waals surface area (Å²) >= 11 is 0. The van der Waals surface area contributed by atoms with Crippen molar-refractivity contribution in [2.45, 2.75) is 39.7 Å². The number of carbonyl (C=O) groups is 1. The number of amides is 1. The highest BCUT2D eigenvalue weighted by atomic mass is 35.5. The molecular formula is C19H31ClN2O2. The van der Waals surface area contributed by atoms with E-state index in [9.17, 15) is 4.79 Å². The van der Waals surface area contributed by atoms with Crippen LogP contribution < -0.4 is 5.73 Å². The first-order chi connectivity index (χ1) is 10.8. The molecule has 1 aromatic carbocycles. The van der Waals surface area contributed by atoms with Crippen molar-refractivity contribution in [2.75, 3.05) is 26.7 Å². The van der Waals surface area contributed by atoms with Gasteiger partial charge in [-0.25, -0.2) is 0 Å². The van der Waals surface area contributed by atoms with E-state index in [2.05, 4.69) is 45.0 Å². The molecule has 2 atom stereocenters. The van der Waals surface area contributed by atoms with Crippen LogP contribution in [0, 0.1) is 18.3 Å². The van der Waals surface area contributed by atoms with Gasteiger partial charge in [-0.15, -0.1) is 12.4 Å². The van der Waals surface area contributed by atoms with E-state index in [1.807, 2.05) is 11.9 Å². The third-order valence-electron chi connectivity index (χ3n) is 4.64. The molecular weight excluding hydrogens is 324 g/mol. The maximum atomic E-state index is 12.9. The Morgan fingerprint density at radius 3 is 2.54 bits per heavy atom. The maximum absolute atomic E-state index is 12.9. The van der Waals surface area contributed by atoms with Crippen LogP contribution in [0.3, 0.4) is 0 Å². The topological polar surface area (TPSA) is 55.6 Å². The lowest BCUT2D eigenvalue weighted by Crippen LogP contribution is -2.44. The average molecular weight is 355 g/mol. The lowest BCUT2D eigenvalue weighted by molar-refractivity contribution is -0.145. The van der Waals surface area contributed by atoms with Gasteiger partial charge in [0.05, 0.1) is 12.0 Å². The zero-order chi connectivity index (χ0) is 17.0. The van der Waals surface area contributed by atoms with E-state index in [1.165, 1.54) is 5.56 Å². The number of carbonyl (C=O) groups excluding carboxylic acids is 1. The molecule has 0 spiro atoms. The number of ether oxygens (including phenoxy) is 1. The summed E-state index contributed by atoms with van der Waals surface area (Å²) in [6.45, 7) is 8.20. The average Bonchev–Trinajstić information content (AvgIpc) is 2.54. The standard InChI is InChI=1S/C19H30N2O2.ClH/c1-14-7-9-15(10-8-14)17-16(6-5-11-23-17)18(22)21(4)13-19(2,3)12-20;/h7-10,16-17H,5-6,11-13,20H2,1-4H3;1H. The van der Waals surface area contributed by atoms with E-state index in [0.717, 1.165) is 25.0 Å². The zero-order valence-electron chi connectivity index (χ0n) is 15.2. The maximum Gasteiger partial charge on any atom is 0.228 e. The third-order valence-corrected chi connectivity index (χ3v) is 4.64. The molecule has 1 fully saturated rings. The van der Waals surface area contributed by atoms with Gasteiger partial charge in [-0.1, -0.05) is 43.7 Å². The molecule has 1 amide bonds. The van der Waals surface area contributed by atoms with Crippen molar-refractivity contribution in [1.29, 1.82) is 0 Å². The summed E-state index contributed by atoms with van der Waals surface area (Å²) in [5.74, 6) is 0.0573. The van der Waals surface area contributed by atoms with E-state index in [0.29, 0.717) is 13.1 Å². The second-order valence-corrected chi connectivity index (χ2v) is 7.51. The fourth-order valence-corrected chi connectivity index (χ4v) is 3.19. The third kappa shape index (κ3) is 5.20. The molecule has 136 valence electrons. The van der Waals surface area contributed by atoms with Crippen LogP contribution in [0.5, 0.6) is 0 Å². The van der Waals surface area contributed by atoms with E-state index < -0.39 is 0 Å². The molecule has 5 heteroatoms. The second kappa shape index (κ2) is 8.84. The smallest absolute Gasteiger partial charge is 0.228 e. The molecule has 1 heterocycles.